The average molecular weight is 634 g/mol. The number of thiophene rings is 1. The average Bonchev–Trinajstić information content (AvgIpc) is 3.68. The van der Waals surface area contributed by atoms with E-state index in [1.54, 1.807) is 0 Å². The van der Waals surface area contributed by atoms with E-state index < -0.39 is 0 Å². The molecule has 7 aromatic carbocycles. The molecule has 0 N–H and O–H groups in total. The molecule has 0 radical (unpaired) electrons. The van der Waals surface area contributed by atoms with Crippen LogP contribution in [0.2, 0.25) is 0 Å². The van der Waals surface area contributed by atoms with Crippen LogP contribution in [-0.2, 0) is 10.8 Å². The summed E-state index contributed by atoms with van der Waals surface area (Å²) >= 11 is 1.91. The molecule has 8 aromatic rings. The molecular formula is C46H35NS. The largest absolute Gasteiger partial charge is 0.308 e. The second-order valence-electron chi connectivity index (χ2n) is 14.6. The van der Waals surface area contributed by atoms with Crippen molar-refractivity contribution in [3.05, 3.63) is 162 Å². The van der Waals surface area contributed by atoms with Gasteiger partial charge in [0.05, 0.1) is 10.4 Å². The van der Waals surface area contributed by atoms with Crippen LogP contribution in [0.1, 0.15) is 49.9 Å². The molecule has 1 heterocycles. The van der Waals surface area contributed by atoms with Crippen LogP contribution in [0.25, 0.3) is 53.2 Å². The van der Waals surface area contributed by atoms with Crippen molar-refractivity contribution in [2.45, 2.75) is 38.5 Å². The minimum absolute atomic E-state index is 0.0448. The Morgan fingerprint density at radius 1 is 0.438 bits per heavy atom. The molecule has 2 aliphatic rings. The van der Waals surface area contributed by atoms with Gasteiger partial charge in [-0.2, -0.15) is 0 Å². The quantitative estimate of drug-likeness (QED) is 0.187. The van der Waals surface area contributed by atoms with Gasteiger partial charge in [0.15, 0.2) is 0 Å². The summed E-state index contributed by atoms with van der Waals surface area (Å²) in [6.45, 7) is 9.48. The van der Waals surface area contributed by atoms with Crippen LogP contribution in [0.5, 0.6) is 0 Å². The van der Waals surface area contributed by atoms with Gasteiger partial charge in [0.2, 0.25) is 0 Å². The Labute approximate surface area is 285 Å². The lowest BCUT2D eigenvalue weighted by Gasteiger charge is -2.30. The summed E-state index contributed by atoms with van der Waals surface area (Å²) in [5.41, 5.74) is 14.4. The highest BCUT2D eigenvalue weighted by Crippen LogP contribution is 2.55. The van der Waals surface area contributed by atoms with Crippen molar-refractivity contribution >= 4 is 59.3 Å². The molecule has 10 rings (SSSR count). The maximum Gasteiger partial charge on any atom is 0.0718 e. The number of anilines is 3. The number of benzene rings is 7. The van der Waals surface area contributed by atoms with E-state index in [9.17, 15) is 0 Å². The smallest absolute Gasteiger partial charge is 0.0718 e. The number of fused-ring (bicyclic) bond motifs is 10. The maximum absolute atomic E-state index is 2.56. The first-order valence-corrected chi connectivity index (χ1v) is 17.8. The first kappa shape index (κ1) is 27.9. The molecule has 230 valence electrons. The Morgan fingerprint density at radius 2 is 1.00 bits per heavy atom. The molecule has 0 spiro atoms. The topological polar surface area (TPSA) is 3.24 Å². The lowest BCUT2D eigenvalue weighted by atomic mass is 9.82. The van der Waals surface area contributed by atoms with Gasteiger partial charge in [-0.05, 0) is 86.3 Å². The van der Waals surface area contributed by atoms with Gasteiger partial charge in [0.1, 0.15) is 0 Å². The fourth-order valence-corrected chi connectivity index (χ4v) is 10.0. The number of nitrogens with zero attached hydrogens (tertiary/aromatic N) is 1. The molecule has 0 bridgehead atoms. The van der Waals surface area contributed by atoms with E-state index in [0.29, 0.717) is 0 Å². The molecular weight excluding hydrogens is 599 g/mol. The summed E-state index contributed by atoms with van der Waals surface area (Å²) in [6.07, 6.45) is 0. The zero-order chi connectivity index (χ0) is 32.4. The van der Waals surface area contributed by atoms with Gasteiger partial charge < -0.3 is 4.90 Å². The Morgan fingerprint density at radius 3 is 1.79 bits per heavy atom. The van der Waals surface area contributed by atoms with Gasteiger partial charge in [-0.3, -0.25) is 0 Å². The van der Waals surface area contributed by atoms with Crippen molar-refractivity contribution in [2.75, 3.05) is 4.90 Å². The minimum atomic E-state index is -0.0970. The van der Waals surface area contributed by atoms with Gasteiger partial charge in [0, 0.05) is 43.1 Å². The van der Waals surface area contributed by atoms with Crippen LogP contribution >= 0.6 is 11.3 Å². The monoisotopic (exact) mass is 633 g/mol. The van der Waals surface area contributed by atoms with Gasteiger partial charge >= 0.3 is 0 Å². The number of hydrogen-bond acceptors (Lipinski definition) is 2. The summed E-state index contributed by atoms with van der Waals surface area (Å²) in [5, 5.41) is 5.16. The second-order valence-corrected chi connectivity index (χ2v) is 15.6. The number of rotatable bonds is 3. The Balaban J connectivity index is 1.31. The highest BCUT2D eigenvalue weighted by molar-refractivity contribution is 7.26. The normalized spacial score (nSPS) is 15.0. The van der Waals surface area contributed by atoms with E-state index in [1.807, 2.05) is 11.3 Å². The molecule has 0 amide bonds. The Kier molecular flexibility index (Phi) is 5.63. The summed E-state index contributed by atoms with van der Waals surface area (Å²) in [7, 11) is 0. The van der Waals surface area contributed by atoms with Crippen LogP contribution in [0.15, 0.2) is 140 Å². The zero-order valence-corrected chi connectivity index (χ0v) is 28.5. The van der Waals surface area contributed by atoms with Crippen molar-refractivity contribution in [3.8, 4) is 22.3 Å². The van der Waals surface area contributed by atoms with Crippen molar-refractivity contribution < 1.29 is 0 Å². The molecule has 0 aliphatic heterocycles. The van der Waals surface area contributed by atoms with Gasteiger partial charge in [0.25, 0.3) is 0 Å². The first-order valence-electron chi connectivity index (χ1n) is 16.9. The fourth-order valence-electron chi connectivity index (χ4n) is 8.81. The van der Waals surface area contributed by atoms with E-state index in [-0.39, 0.29) is 10.8 Å². The van der Waals surface area contributed by atoms with Gasteiger partial charge in [-0.25, -0.2) is 0 Å². The molecule has 2 aliphatic carbocycles. The van der Waals surface area contributed by atoms with Crippen LogP contribution in [0.4, 0.5) is 17.1 Å². The predicted octanol–water partition coefficient (Wildman–Crippen LogP) is 13.3. The van der Waals surface area contributed by atoms with Gasteiger partial charge in [-0.15, -0.1) is 11.3 Å². The van der Waals surface area contributed by atoms with E-state index in [1.165, 1.54) is 92.5 Å². The third-order valence-electron chi connectivity index (χ3n) is 11.2. The highest BCUT2D eigenvalue weighted by atomic mass is 32.1. The molecule has 0 fully saturated rings. The summed E-state index contributed by atoms with van der Waals surface area (Å²) in [5.74, 6) is 0. The minimum Gasteiger partial charge on any atom is -0.308 e. The highest BCUT2D eigenvalue weighted by Gasteiger charge is 2.38. The van der Waals surface area contributed by atoms with E-state index >= 15 is 0 Å². The third kappa shape index (κ3) is 3.67. The van der Waals surface area contributed by atoms with Crippen LogP contribution < -0.4 is 4.90 Å². The molecule has 0 saturated carbocycles. The maximum atomic E-state index is 2.56. The van der Waals surface area contributed by atoms with E-state index in [0.717, 1.165) is 0 Å². The molecule has 0 saturated heterocycles. The summed E-state index contributed by atoms with van der Waals surface area (Å²) in [6, 6.07) is 52.5. The van der Waals surface area contributed by atoms with Crippen LogP contribution in [0, 0.1) is 0 Å². The standard InChI is InChI=1S/C46H35NS/c1-45(2)39-19-11-8-16-33(39)36-26-29(22-24-40(36)45)47(30-21-23-34-32-15-7-10-18-38(32)46(3,4)41(34)27-30)43-31-14-6-5-13-28(31)25-37-35-17-9-12-20-42(35)48-44(37)43/h5-27H,1-4H3. The Bertz CT molecular complexity index is 2630. The van der Waals surface area contributed by atoms with Gasteiger partial charge in [-0.1, -0.05) is 131 Å². The van der Waals surface area contributed by atoms with Crippen LogP contribution in [0.3, 0.4) is 0 Å². The summed E-state index contributed by atoms with van der Waals surface area (Å²) < 4.78 is 2.64. The van der Waals surface area contributed by atoms with E-state index in [2.05, 4.69) is 172 Å². The van der Waals surface area contributed by atoms with Crippen molar-refractivity contribution in [3.63, 3.8) is 0 Å². The lowest BCUT2D eigenvalue weighted by Crippen LogP contribution is -2.17. The third-order valence-corrected chi connectivity index (χ3v) is 12.4. The first-order chi connectivity index (χ1) is 23.3. The van der Waals surface area contributed by atoms with Crippen molar-refractivity contribution in [1.29, 1.82) is 0 Å². The van der Waals surface area contributed by atoms with Crippen molar-refractivity contribution in [1.82, 2.24) is 0 Å². The predicted molar refractivity (Wildman–Crippen MR) is 207 cm³/mol. The Hall–Kier alpha value is -5.18. The zero-order valence-electron chi connectivity index (χ0n) is 27.6. The molecule has 2 heteroatoms. The fraction of sp³-hybridized carbons (Fsp3) is 0.130. The van der Waals surface area contributed by atoms with E-state index in [4.69, 9.17) is 0 Å². The molecule has 48 heavy (non-hydrogen) atoms. The second kappa shape index (κ2) is 9.69. The molecule has 1 nitrogen and oxygen atoms in total. The van der Waals surface area contributed by atoms with Crippen LogP contribution in [-0.4, -0.2) is 0 Å². The lowest BCUT2D eigenvalue weighted by molar-refractivity contribution is 0.660. The number of hydrogen-bond donors (Lipinski definition) is 0. The molecule has 1 aromatic heterocycles. The van der Waals surface area contributed by atoms with Crippen molar-refractivity contribution in [2.24, 2.45) is 0 Å². The summed E-state index contributed by atoms with van der Waals surface area (Å²) in [4.78, 5) is 2.56. The molecule has 0 atom stereocenters. The SMILES string of the molecule is CC1(C)c2ccccc2-c2cc(N(c3ccc4c(c3)C(C)(C)c3ccccc3-4)c3c4ccccc4cc4c3sc3ccccc34)ccc21. The molecule has 0 unspecified atom stereocenters.